The summed E-state index contributed by atoms with van der Waals surface area (Å²) in [5.74, 6) is 0.711. The first-order valence-corrected chi connectivity index (χ1v) is 13.3. The van der Waals surface area contributed by atoms with Crippen molar-refractivity contribution in [2.75, 3.05) is 36.7 Å². The number of nitrogens with zero attached hydrogens (tertiary/aromatic N) is 2. The highest BCUT2D eigenvalue weighted by atomic mass is 35.5. The Balaban J connectivity index is 1.52. The smallest absolute Gasteiger partial charge is 0.251 e. The summed E-state index contributed by atoms with van der Waals surface area (Å²) < 4.78 is 25.9. The van der Waals surface area contributed by atoms with Gasteiger partial charge in [-0.15, -0.1) is 0 Å². The van der Waals surface area contributed by atoms with E-state index in [2.05, 4.69) is 17.1 Å². The summed E-state index contributed by atoms with van der Waals surface area (Å²) in [6, 6.07) is 13.8. The van der Waals surface area contributed by atoms with Crippen molar-refractivity contribution in [3.05, 3.63) is 64.7 Å². The standard InChI is InChI=1S/C24H32ClN3O3S/c1-19-11-15-27(16-12-19)14-4-13-26-24(29)21-9-7-20(8-10-21)18-28(32(2,30)31)23-6-3-5-22(25)17-23/h3,5-10,17,19H,4,11-16,18H2,1-2H3,(H,26,29). The number of halogens is 1. The zero-order valence-electron chi connectivity index (χ0n) is 18.8. The van der Waals surface area contributed by atoms with Crippen LogP contribution in [0.1, 0.15) is 42.1 Å². The first kappa shape index (κ1) is 24.6. The second-order valence-corrected chi connectivity index (χ2v) is 10.9. The summed E-state index contributed by atoms with van der Waals surface area (Å²) in [7, 11) is -3.50. The van der Waals surface area contributed by atoms with Gasteiger partial charge in [0.05, 0.1) is 18.5 Å². The number of piperidine rings is 1. The number of hydrogen-bond acceptors (Lipinski definition) is 4. The second-order valence-electron chi connectivity index (χ2n) is 8.58. The molecule has 1 heterocycles. The fraction of sp³-hybridized carbons (Fsp3) is 0.458. The normalized spacial score (nSPS) is 15.5. The molecule has 2 aromatic carbocycles. The predicted octanol–water partition coefficient (Wildman–Crippen LogP) is 4.16. The molecular weight excluding hydrogens is 446 g/mol. The van der Waals surface area contributed by atoms with Gasteiger partial charge in [-0.05, 0) is 80.7 Å². The van der Waals surface area contributed by atoms with Crippen molar-refractivity contribution in [3.63, 3.8) is 0 Å². The van der Waals surface area contributed by atoms with E-state index >= 15 is 0 Å². The Kier molecular flexibility index (Phi) is 8.57. The van der Waals surface area contributed by atoms with Crippen LogP contribution in [-0.4, -0.2) is 51.7 Å². The predicted molar refractivity (Wildman–Crippen MR) is 131 cm³/mol. The number of hydrogen-bond donors (Lipinski definition) is 1. The second kappa shape index (κ2) is 11.2. The molecule has 1 amide bonds. The minimum Gasteiger partial charge on any atom is -0.352 e. The number of sulfonamides is 1. The van der Waals surface area contributed by atoms with Gasteiger partial charge < -0.3 is 10.2 Å². The number of anilines is 1. The Morgan fingerprint density at radius 3 is 2.47 bits per heavy atom. The lowest BCUT2D eigenvalue weighted by molar-refractivity contribution is 0.0950. The van der Waals surface area contributed by atoms with Crippen LogP contribution in [0.5, 0.6) is 0 Å². The van der Waals surface area contributed by atoms with E-state index in [1.54, 1.807) is 48.5 Å². The molecule has 32 heavy (non-hydrogen) atoms. The summed E-state index contributed by atoms with van der Waals surface area (Å²) in [6.45, 7) is 6.42. The average molecular weight is 478 g/mol. The van der Waals surface area contributed by atoms with Crippen molar-refractivity contribution in [2.45, 2.75) is 32.7 Å². The molecule has 174 valence electrons. The monoisotopic (exact) mass is 477 g/mol. The topological polar surface area (TPSA) is 69.7 Å². The number of benzene rings is 2. The number of nitrogens with one attached hydrogen (secondary N) is 1. The molecule has 0 spiro atoms. The molecular formula is C24H32ClN3O3S. The van der Waals surface area contributed by atoms with Crippen LogP contribution in [-0.2, 0) is 16.6 Å². The Hall–Kier alpha value is -2.09. The van der Waals surface area contributed by atoms with E-state index in [0.29, 0.717) is 22.8 Å². The van der Waals surface area contributed by atoms with Gasteiger partial charge in [-0.1, -0.05) is 36.7 Å². The quantitative estimate of drug-likeness (QED) is 0.550. The molecule has 0 unspecified atom stereocenters. The van der Waals surface area contributed by atoms with E-state index < -0.39 is 10.0 Å². The fourth-order valence-electron chi connectivity index (χ4n) is 3.85. The molecule has 1 aliphatic heterocycles. The van der Waals surface area contributed by atoms with Crippen molar-refractivity contribution in [1.29, 1.82) is 0 Å². The van der Waals surface area contributed by atoms with Gasteiger partial charge in [-0.25, -0.2) is 8.42 Å². The van der Waals surface area contributed by atoms with Crippen LogP contribution in [0.4, 0.5) is 5.69 Å². The van der Waals surface area contributed by atoms with Gasteiger partial charge in [-0.3, -0.25) is 9.10 Å². The largest absolute Gasteiger partial charge is 0.352 e. The van der Waals surface area contributed by atoms with Gasteiger partial charge in [0.15, 0.2) is 0 Å². The third-order valence-corrected chi connectivity index (χ3v) is 7.23. The van der Waals surface area contributed by atoms with Crippen molar-refractivity contribution in [2.24, 2.45) is 5.92 Å². The van der Waals surface area contributed by atoms with Gasteiger partial charge in [-0.2, -0.15) is 0 Å². The summed E-state index contributed by atoms with van der Waals surface area (Å²) in [5.41, 5.74) is 1.85. The molecule has 0 atom stereocenters. The minimum atomic E-state index is -3.50. The summed E-state index contributed by atoms with van der Waals surface area (Å²) in [5, 5.41) is 3.45. The van der Waals surface area contributed by atoms with Gasteiger partial charge >= 0.3 is 0 Å². The van der Waals surface area contributed by atoms with Crippen LogP contribution >= 0.6 is 11.6 Å². The van der Waals surface area contributed by atoms with E-state index in [-0.39, 0.29) is 12.5 Å². The van der Waals surface area contributed by atoms with Crippen LogP contribution in [0, 0.1) is 5.92 Å². The molecule has 1 fully saturated rings. The maximum atomic E-state index is 12.4. The molecule has 6 nitrogen and oxygen atoms in total. The highest BCUT2D eigenvalue weighted by Crippen LogP contribution is 2.24. The van der Waals surface area contributed by atoms with Crippen molar-refractivity contribution >= 4 is 33.2 Å². The third kappa shape index (κ3) is 7.22. The van der Waals surface area contributed by atoms with E-state index in [4.69, 9.17) is 11.6 Å². The summed E-state index contributed by atoms with van der Waals surface area (Å²) in [6.07, 6.45) is 4.61. The molecule has 8 heteroatoms. The van der Waals surface area contributed by atoms with Crippen LogP contribution in [0.25, 0.3) is 0 Å². The number of carbonyl (C=O) groups excluding carboxylic acids is 1. The maximum Gasteiger partial charge on any atom is 0.251 e. The lowest BCUT2D eigenvalue weighted by Gasteiger charge is -2.30. The molecule has 2 aromatic rings. The Labute approximate surface area is 196 Å². The van der Waals surface area contributed by atoms with Gasteiger partial charge in [0.2, 0.25) is 10.0 Å². The van der Waals surface area contributed by atoms with Gasteiger partial charge in [0.1, 0.15) is 0 Å². The van der Waals surface area contributed by atoms with Crippen molar-refractivity contribution < 1.29 is 13.2 Å². The SMILES string of the molecule is CC1CCN(CCCNC(=O)c2ccc(CN(c3cccc(Cl)c3)S(C)(=O)=O)cc2)CC1. The highest BCUT2D eigenvalue weighted by molar-refractivity contribution is 7.92. The van der Waals surface area contributed by atoms with Crippen LogP contribution in [0.15, 0.2) is 48.5 Å². The zero-order chi connectivity index (χ0) is 23.1. The van der Waals surface area contributed by atoms with E-state index in [1.165, 1.54) is 23.4 Å². The van der Waals surface area contributed by atoms with E-state index in [0.717, 1.165) is 37.5 Å². The number of carbonyl (C=O) groups is 1. The Morgan fingerprint density at radius 2 is 1.84 bits per heavy atom. The molecule has 0 saturated carbocycles. The Morgan fingerprint density at radius 1 is 1.16 bits per heavy atom. The van der Waals surface area contributed by atoms with Crippen LogP contribution < -0.4 is 9.62 Å². The van der Waals surface area contributed by atoms with E-state index in [9.17, 15) is 13.2 Å². The van der Waals surface area contributed by atoms with Gasteiger partial charge in [0.25, 0.3) is 5.91 Å². The first-order chi connectivity index (χ1) is 15.2. The maximum absolute atomic E-state index is 12.4. The molecule has 1 N–H and O–H groups in total. The molecule has 0 aromatic heterocycles. The number of amides is 1. The lowest BCUT2D eigenvalue weighted by atomic mass is 9.99. The zero-order valence-corrected chi connectivity index (χ0v) is 20.3. The molecule has 0 aliphatic carbocycles. The fourth-order valence-corrected chi connectivity index (χ4v) is 4.92. The summed E-state index contributed by atoms with van der Waals surface area (Å²) >= 11 is 6.03. The number of likely N-dealkylation sites (tertiary alicyclic amines) is 1. The average Bonchev–Trinajstić information content (AvgIpc) is 2.76. The van der Waals surface area contributed by atoms with Crippen molar-refractivity contribution in [1.82, 2.24) is 10.2 Å². The third-order valence-electron chi connectivity index (χ3n) is 5.85. The Bertz CT molecular complexity index is 1000. The molecule has 1 aliphatic rings. The molecule has 0 radical (unpaired) electrons. The molecule has 3 rings (SSSR count). The minimum absolute atomic E-state index is 0.112. The lowest BCUT2D eigenvalue weighted by Crippen LogP contribution is -2.35. The van der Waals surface area contributed by atoms with E-state index in [1.807, 2.05) is 0 Å². The molecule has 1 saturated heterocycles. The van der Waals surface area contributed by atoms with Gasteiger partial charge in [0, 0.05) is 17.1 Å². The van der Waals surface area contributed by atoms with Crippen molar-refractivity contribution in [3.8, 4) is 0 Å². The summed E-state index contributed by atoms with van der Waals surface area (Å²) in [4.78, 5) is 14.9. The first-order valence-electron chi connectivity index (χ1n) is 11.0. The highest BCUT2D eigenvalue weighted by Gasteiger charge is 2.19. The molecule has 0 bridgehead atoms. The number of rotatable bonds is 9. The van der Waals surface area contributed by atoms with Crippen LogP contribution in [0.3, 0.4) is 0 Å². The van der Waals surface area contributed by atoms with Crippen LogP contribution in [0.2, 0.25) is 5.02 Å².